The van der Waals surface area contributed by atoms with Crippen molar-refractivity contribution in [3.8, 4) is 11.8 Å². The number of halogens is 2. The number of anilines is 1. The fraction of sp³-hybridized carbons (Fsp3) is 0.176. The maximum Gasteiger partial charge on any atom is 0.358 e. The van der Waals surface area contributed by atoms with Crippen molar-refractivity contribution in [1.82, 2.24) is 4.98 Å². The van der Waals surface area contributed by atoms with E-state index in [0.717, 1.165) is 0 Å². The zero-order valence-corrected chi connectivity index (χ0v) is 15.3. The Kier molecular flexibility index (Phi) is 6.39. The molecule has 1 aromatic heterocycles. The summed E-state index contributed by atoms with van der Waals surface area (Å²) in [5.41, 5.74) is 0.734. The number of methoxy groups -OCH3 is 1. The molecule has 2 rings (SSSR count). The number of pyridine rings is 1. The lowest BCUT2D eigenvalue weighted by atomic mass is 10.1. The maximum absolute atomic E-state index is 12.0. The van der Waals surface area contributed by atoms with Gasteiger partial charge < -0.3 is 10.1 Å². The molecule has 1 aromatic carbocycles. The molecule has 26 heavy (non-hydrogen) atoms. The lowest BCUT2D eigenvalue weighted by Crippen LogP contribution is -2.12. The van der Waals surface area contributed by atoms with Gasteiger partial charge in [-0.15, -0.1) is 5.92 Å². The predicted molar refractivity (Wildman–Crippen MR) is 98.6 cm³/mol. The summed E-state index contributed by atoms with van der Waals surface area (Å²) in [5, 5.41) is 14.0. The Labute approximate surface area is 159 Å². The summed E-state index contributed by atoms with van der Waals surface area (Å²) in [4.78, 5) is 26.6. The molecular formula is C17H13Cl2N3O4. The van der Waals surface area contributed by atoms with E-state index in [0.29, 0.717) is 5.56 Å². The number of carbonyl (C=O) groups excluding carboxylic acids is 1. The van der Waals surface area contributed by atoms with Crippen LogP contribution in [0.2, 0.25) is 10.2 Å². The molecule has 0 spiro atoms. The third kappa shape index (κ3) is 4.04. The minimum absolute atomic E-state index is 0.0485. The molecule has 0 aliphatic heterocycles. The molecule has 0 aliphatic carbocycles. The first-order chi connectivity index (χ1) is 12.4. The Morgan fingerprint density at radius 1 is 1.38 bits per heavy atom. The zero-order valence-electron chi connectivity index (χ0n) is 13.8. The van der Waals surface area contributed by atoms with Crippen LogP contribution < -0.4 is 5.32 Å². The smallest absolute Gasteiger partial charge is 0.358 e. The maximum atomic E-state index is 12.0. The second-order valence-electron chi connectivity index (χ2n) is 4.92. The van der Waals surface area contributed by atoms with E-state index in [4.69, 9.17) is 27.9 Å². The van der Waals surface area contributed by atoms with E-state index < -0.39 is 10.9 Å². The normalized spacial score (nSPS) is 9.85. The second-order valence-corrected chi connectivity index (χ2v) is 5.66. The summed E-state index contributed by atoms with van der Waals surface area (Å²) >= 11 is 12.2. The monoisotopic (exact) mass is 393 g/mol. The zero-order chi connectivity index (χ0) is 19.3. The van der Waals surface area contributed by atoms with Gasteiger partial charge in [0.25, 0.3) is 5.69 Å². The van der Waals surface area contributed by atoms with Crippen LogP contribution in [0.4, 0.5) is 11.4 Å². The van der Waals surface area contributed by atoms with Crippen LogP contribution >= 0.6 is 23.2 Å². The van der Waals surface area contributed by atoms with Gasteiger partial charge in [0, 0.05) is 18.2 Å². The summed E-state index contributed by atoms with van der Waals surface area (Å²) in [7, 11) is 1.20. The number of nitrogens with zero attached hydrogens (tertiary/aromatic N) is 2. The van der Waals surface area contributed by atoms with E-state index in [1.165, 1.54) is 13.2 Å². The number of rotatable bonds is 5. The van der Waals surface area contributed by atoms with Crippen LogP contribution in [0.3, 0.4) is 0 Å². The number of esters is 1. The molecule has 0 aliphatic rings. The van der Waals surface area contributed by atoms with E-state index in [9.17, 15) is 14.9 Å². The fourth-order valence-electron chi connectivity index (χ4n) is 2.21. The number of nitro benzene ring substituents is 1. The molecule has 0 fully saturated rings. The highest BCUT2D eigenvalue weighted by Gasteiger charge is 2.22. The number of para-hydroxylation sites is 1. The van der Waals surface area contributed by atoms with E-state index in [2.05, 4.69) is 22.1 Å². The molecule has 7 nitrogen and oxygen atoms in total. The molecule has 9 heteroatoms. The number of ether oxygens (including phenoxy) is 1. The lowest BCUT2D eigenvalue weighted by Gasteiger charge is -2.14. The van der Waals surface area contributed by atoms with Gasteiger partial charge in [0.2, 0.25) is 0 Å². The van der Waals surface area contributed by atoms with Crippen molar-refractivity contribution in [3.63, 3.8) is 0 Å². The molecule has 134 valence electrons. The molecule has 1 heterocycles. The van der Waals surface area contributed by atoms with E-state index in [1.807, 2.05) is 0 Å². The average Bonchev–Trinajstić information content (AvgIpc) is 2.63. The van der Waals surface area contributed by atoms with Gasteiger partial charge in [0.05, 0.1) is 23.3 Å². The van der Waals surface area contributed by atoms with Gasteiger partial charge in [-0.05, 0) is 6.92 Å². The number of nitrogens with one attached hydrogen (secondary N) is 1. The van der Waals surface area contributed by atoms with Gasteiger partial charge >= 0.3 is 5.97 Å². The molecule has 0 saturated carbocycles. The Hall–Kier alpha value is -2.82. The number of benzene rings is 1. The van der Waals surface area contributed by atoms with Crippen molar-refractivity contribution in [2.45, 2.75) is 13.5 Å². The Balaban J connectivity index is 2.52. The van der Waals surface area contributed by atoms with Gasteiger partial charge in [-0.2, -0.15) is 0 Å². The lowest BCUT2D eigenvalue weighted by molar-refractivity contribution is -0.385. The Bertz CT molecular complexity index is 936. The van der Waals surface area contributed by atoms with Crippen LogP contribution in [0.5, 0.6) is 0 Å². The van der Waals surface area contributed by atoms with Crippen molar-refractivity contribution in [2.24, 2.45) is 0 Å². The number of aromatic nitrogens is 1. The Morgan fingerprint density at radius 2 is 2.08 bits per heavy atom. The minimum atomic E-state index is -0.727. The highest BCUT2D eigenvalue weighted by atomic mass is 35.5. The van der Waals surface area contributed by atoms with E-state index in [-0.39, 0.29) is 39.4 Å². The second kappa shape index (κ2) is 8.52. The molecule has 0 unspecified atom stereocenters. The van der Waals surface area contributed by atoms with Crippen molar-refractivity contribution in [3.05, 3.63) is 61.4 Å². The van der Waals surface area contributed by atoms with Crippen molar-refractivity contribution in [2.75, 3.05) is 12.4 Å². The predicted octanol–water partition coefficient (Wildman–Crippen LogP) is 4.07. The molecule has 2 aromatic rings. The van der Waals surface area contributed by atoms with Crippen molar-refractivity contribution >= 4 is 40.5 Å². The van der Waals surface area contributed by atoms with Gasteiger partial charge in [0.15, 0.2) is 10.8 Å². The van der Waals surface area contributed by atoms with Crippen LogP contribution in [0.25, 0.3) is 0 Å². The van der Waals surface area contributed by atoms with Crippen LogP contribution in [0.1, 0.15) is 28.5 Å². The number of hydrogen-bond acceptors (Lipinski definition) is 6. The van der Waals surface area contributed by atoms with Crippen molar-refractivity contribution < 1.29 is 14.5 Å². The third-order valence-electron chi connectivity index (χ3n) is 3.37. The highest BCUT2D eigenvalue weighted by Crippen LogP contribution is 2.34. The summed E-state index contributed by atoms with van der Waals surface area (Å²) in [6.45, 7) is 1.64. The van der Waals surface area contributed by atoms with Gasteiger partial charge in [-0.1, -0.05) is 47.3 Å². The third-order valence-corrected chi connectivity index (χ3v) is 4.11. The van der Waals surface area contributed by atoms with Crippen LogP contribution in [-0.4, -0.2) is 23.0 Å². The molecule has 0 bridgehead atoms. The number of nitro groups is 1. The fourth-order valence-corrected chi connectivity index (χ4v) is 2.60. The minimum Gasteiger partial charge on any atom is -0.464 e. The summed E-state index contributed by atoms with van der Waals surface area (Å²) in [6.07, 6.45) is 0. The summed E-state index contributed by atoms with van der Waals surface area (Å²) in [6, 6.07) is 6.25. The summed E-state index contributed by atoms with van der Waals surface area (Å²) < 4.78 is 4.70. The molecule has 0 atom stereocenters. The van der Waals surface area contributed by atoms with Gasteiger partial charge in [0.1, 0.15) is 5.02 Å². The first-order valence-corrected chi connectivity index (χ1v) is 8.02. The molecule has 1 N–H and O–H groups in total. The number of carbonyl (C=O) groups is 1. The van der Waals surface area contributed by atoms with Crippen molar-refractivity contribution in [1.29, 1.82) is 0 Å². The number of hydrogen-bond donors (Lipinski definition) is 1. The molecule has 0 amide bonds. The quantitative estimate of drug-likeness (QED) is 0.270. The highest BCUT2D eigenvalue weighted by molar-refractivity contribution is 6.43. The van der Waals surface area contributed by atoms with Gasteiger partial charge in [-0.25, -0.2) is 9.78 Å². The first kappa shape index (κ1) is 19.5. The Morgan fingerprint density at radius 3 is 2.69 bits per heavy atom. The molecule has 0 radical (unpaired) electrons. The SMILES string of the molecule is CC#Cc1c(C(=O)OC)nc(Cl)c(Cl)c1NCc1ccccc1[N+](=O)[O-]. The van der Waals surface area contributed by atoms with Crippen LogP contribution in [0, 0.1) is 22.0 Å². The topological polar surface area (TPSA) is 94.4 Å². The van der Waals surface area contributed by atoms with E-state index >= 15 is 0 Å². The molecular weight excluding hydrogens is 381 g/mol. The van der Waals surface area contributed by atoms with E-state index in [1.54, 1.807) is 25.1 Å². The standard InChI is InChI=1S/C17H13Cl2N3O4/c1-3-6-11-14(13(18)16(19)21-15(11)17(23)26-2)20-9-10-7-4-5-8-12(10)22(24)25/h4-5,7-8H,9H2,1-2H3,(H,20,21). The largest absolute Gasteiger partial charge is 0.464 e. The van der Waals surface area contributed by atoms with Crippen LogP contribution in [-0.2, 0) is 11.3 Å². The average molecular weight is 394 g/mol. The van der Waals surface area contributed by atoms with Crippen LogP contribution in [0.15, 0.2) is 24.3 Å². The summed E-state index contributed by atoms with van der Waals surface area (Å²) in [5.74, 6) is 4.69. The first-order valence-electron chi connectivity index (χ1n) is 7.26. The van der Waals surface area contributed by atoms with Gasteiger partial charge in [-0.3, -0.25) is 10.1 Å². The molecule has 0 saturated heterocycles.